The summed E-state index contributed by atoms with van der Waals surface area (Å²) in [4.78, 5) is 4.83. The average Bonchev–Trinajstić information content (AvgIpc) is 2.39. The molecule has 0 atom stereocenters. The first-order valence-corrected chi connectivity index (χ1v) is 7.47. The molecule has 2 nitrogen and oxygen atoms in total. The Labute approximate surface area is 117 Å². The minimum absolute atomic E-state index is 0.355. The van der Waals surface area contributed by atoms with Crippen molar-refractivity contribution >= 4 is 0 Å². The summed E-state index contributed by atoms with van der Waals surface area (Å²) in [5.41, 5.74) is 1.68. The minimum atomic E-state index is 0.355. The molecule has 1 aliphatic carbocycles. The van der Waals surface area contributed by atoms with Gasteiger partial charge in [0.05, 0.1) is 0 Å². The molecule has 2 N–H and O–H groups in total. The van der Waals surface area contributed by atoms with Crippen LogP contribution in [-0.4, -0.2) is 0 Å². The van der Waals surface area contributed by atoms with Crippen molar-refractivity contribution in [3.63, 3.8) is 0 Å². The lowest BCUT2D eigenvalue weighted by Gasteiger charge is -2.39. The predicted octanol–water partition coefficient (Wildman–Crippen LogP) is 4.33. The summed E-state index contributed by atoms with van der Waals surface area (Å²) in [7, 11) is 0. The molecule has 1 aliphatic rings. The van der Waals surface area contributed by atoms with Gasteiger partial charge in [0, 0.05) is 0 Å². The van der Waals surface area contributed by atoms with Gasteiger partial charge >= 0.3 is 0 Å². The molecule has 2 rings (SSSR count). The third kappa shape index (κ3) is 3.73. The van der Waals surface area contributed by atoms with Crippen LogP contribution in [0.25, 0.3) is 0 Å². The normalized spacial score (nSPS) is 24.2. The van der Waals surface area contributed by atoms with E-state index < -0.39 is 0 Å². The first-order valence-electron chi connectivity index (χ1n) is 7.47. The van der Waals surface area contributed by atoms with E-state index in [-0.39, 0.29) is 0 Å². The van der Waals surface area contributed by atoms with Crippen LogP contribution in [0.1, 0.15) is 52.0 Å². The van der Waals surface area contributed by atoms with Gasteiger partial charge in [-0.3, -0.25) is 0 Å². The maximum atomic E-state index is 5.24. The highest BCUT2D eigenvalue weighted by atomic mass is 16.6. The Bertz CT molecular complexity index is 405. The van der Waals surface area contributed by atoms with Gasteiger partial charge < -0.3 is 4.84 Å². The number of nitrogens with two attached hydrogens (primary N) is 1. The van der Waals surface area contributed by atoms with Crippen molar-refractivity contribution in [1.29, 1.82) is 0 Å². The Morgan fingerprint density at radius 3 is 2.53 bits per heavy atom. The van der Waals surface area contributed by atoms with E-state index in [2.05, 4.69) is 32.9 Å². The smallest absolute Gasteiger partial charge is 0.147 e. The van der Waals surface area contributed by atoms with E-state index in [1.54, 1.807) is 0 Å². The largest absolute Gasteiger partial charge is 0.412 e. The number of hydrogen-bond donors (Lipinski definition) is 1. The summed E-state index contributed by atoms with van der Waals surface area (Å²) in [6.45, 7) is 7.19. The van der Waals surface area contributed by atoms with Crippen molar-refractivity contribution in [2.24, 2.45) is 23.1 Å². The molecule has 1 saturated carbocycles. The van der Waals surface area contributed by atoms with Crippen LogP contribution >= 0.6 is 0 Å². The second-order valence-corrected chi connectivity index (χ2v) is 6.89. The second-order valence-electron chi connectivity index (χ2n) is 6.89. The molecule has 0 amide bonds. The van der Waals surface area contributed by atoms with Gasteiger partial charge in [0.25, 0.3) is 0 Å². The maximum absolute atomic E-state index is 5.24. The van der Waals surface area contributed by atoms with Crippen molar-refractivity contribution in [2.45, 2.75) is 52.9 Å². The molecule has 106 valence electrons. The van der Waals surface area contributed by atoms with Gasteiger partial charge in [0.2, 0.25) is 0 Å². The lowest BCUT2D eigenvalue weighted by molar-refractivity contribution is 0.137. The molecule has 2 heteroatoms. The highest BCUT2D eigenvalue weighted by molar-refractivity contribution is 5.29. The highest BCUT2D eigenvalue weighted by Crippen LogP contribution is 2.42. The zero-order valence-corrected chi connectivity index (χ0v) is 12.5. The van der Waals surface area contributed by atoms with E-state index in [4.69, 9.17) is 10.7 Å². The van der Waals surface area contributed by atoms with Crippen LogP contribution in [0.5, 0.6) is 5.75 Å². The average molecular weight is 261 g/mol. The van der Waals surface area contributed by atoms with E-state index in [1.165, 1.54) is 31.2 Å². The zero-order valence-electron chi connectivity index (χ0n) is 12.5. The molecular weight excluding hydrogens is 234 g/mol. The molecule has 0 aliphatic heterocycles. The van der Waals surface area contributed by atoms with Gasteiger partial charge in [-0.2, -0.15) is 5.90 Å². The quantitative estimate of drug-likeness (QED) is 0.819. The summed E-state index contributed by atoms with van der Waals surface area (Å²) in [6.07, 6.45) is 6.63. The monoisotopic (exact) mass is 261 g/mol. The van der Waals surface area contributed by atoms with Crippen LogP contribution in [0, 0.1) is 17.3 Å². The minimum Gasteiger partial charge on any atom is -0.412 e. The Kier molecular flexibility index (Phi) is 4.51. The van der Waals surface area contributed by atoms with E-state index in [1.807, 2.05) is 12.1 Å². The molecule has 0 bridgehead atoms. The van der Waals surface area contributed by atoms with E-state index in [0.29, 0.717) is 5.41 Å². The van der Waals surface area contributed by atoms with Crippen LogP contribution in [-0.2, 0) is 6.42 Å². The Hall–Kier alpha value is -1.02. The van der Waals surface area contributed by atoms with Gasteiger partial charge in [-0.1, -0.05) is 45.7 Å². The van der Waals surface area contributed by atoms with Gasteiger partial charge in [-0.25, -0.2) is 0 Å². The summed E-state index contributed by atoms with van der Waals surface area (Å²) in [5, 5.41) is 0. The van der Waals surface area contributed by atoms with Crippen molar-refractivity contribution in [2.75, 3.05) is 0 Å². The van der Waals surface area contributed by atoms with Crippen molar-refractivity contribution in [1.82, 2.24) is 0 Å². The van der Waals surface area contributed by atoms with Gasteiger partial charge in [-0.15, -0.1) is 0 Å². The molecule has 0 heterocycles. The van der Waals surface area contributed by atoms with Crippen LogP contribution < -0.4 is 10.7 Å². The van der Waals surface area contributed by atoms with Crippen molar-refractivity contribution in [3.05, 3.63) is 29.8 Å². The molecule has 1 fully saturated rings. The van der Waals surface area contributed by atoms with Crippen LogP contribution in [0.4, 0.5) is 0 Å². The molecule has 0 unspecified atom stereocenters. The molecule has 1 aromatic rings. The molecule has 0 aromatic heterocycles. The second kappa shape index (κ2) is 5.96. The SMILES string of the molecule is CC1CCC(C(C)(C)Cc2cccc(ON)c2)CC1. The first-order chi connectivity index (χ1) is 9.01. The Morgan fingerprint density at radius 1 is 1.21 bits per heavy atom. The Balaban J connectivity index is 2.03. The molecule has 1 aromatic carbocycles. The zero-order chi connectivity index (χ0) is 13.9. The van der Waals surface area contributed by atoms with Gasteiger partial charge in [0.15, 0.2) is 0 Å². The summed E-state index contributed by atoms with van der Waals surface area (Å²) < 4.78 is 0. The van der Waals surface area contributed by atoms with E-state index in [0.717, 1.165) is 24.0 Å². The van der Waals surface area contributed by atoms with Crippen LogP contribution in [0.3, 0.4) is 0 Å². The molecule has 0 saturated heterocycles. The van der Waals surface area contributed by atoms with Crippen LogP contribution in [0.15, 0.2) is 24.3 Å². The summed E-state index contributed by atoms with van der Waals surface area (Å²) in [5.74, 6) is 7.75. The summed E-state index contributed by atoms with van der Waals surface area (Å²) in [6, 6.07) is 8.16. The topological polar surface area (TPSA) is 35.2 Å². The molecular formula is C17H27NO. The van der Waals surface area contributed by atoms with Gasteiger partial charge in [-0.05, 0) is 54.2 Å². The molecule has 0 radical (unpaired) electrons. The fourth-order valence-corrected chi connectivity index (χ4v) is 3.44. The van der Waals surface area contributed by atoms with Gasteiger partial charge in [0.1, 0.15) is 5.75 Å². The fraction of sp³-hybridized carbons (Fsp3) is 0.647. The number of hydrogen-bond acceptors (Lipinski definition) is 2. The molecule has 0 spiro atoms. The lowest BCUT2D eigenvalue weighted by atomic mass is 9.66. The van der Waals surface area contributed by atoms with Crippen molar-refractivity contribution in [3.8, 4) is 5.75 Å². The lowest BCUT2D eigenvalue weighted by Crippen LogP contribution is -2.30. The third-order valence-corrected chi connectivity index (χ3v) is 4.82. The van der Waals surface area contributed by atoms with E-state index in [9.17, 15) is 0 Å². The number of benzene rings is 1. The third-order valence-electron chi connectivity index (χ3n) is 4.82. The fourth-order valence-electron chi connectivity index (χ4n) is 3.44. The Morgan fingerprint density at radius 2 is 1.89 bits per heavy atom. The summed E-state index contributed by atoms with van der Waals surface area (Å²) >= 11 is 0. The van der Waals surface area contributed by atoms with Crippen molar-refractivity contribution < 1.29 is 4.84 Å². The van der Waals surface area contributed by atoms with E-state index >= 15 is 0 Å². The highest BCUT2D eigenvalue weighted by Gasteiger charge is 2.32. The standard InChI is InChI=1S/C17H27NO/c1-13-7-9-15(10-8-13)17(2,3)12-14-5-4-6-16(11-14)19-18/h4-6,11,13,15H,7-10,12,18H2,1-3H3. The number of rotatable bonds is 4. The first kappa shape index (κ1) is 14.4. The maximum Gasteiger partial charge on any atom is 0.147 e. The predicted molar refractivity (Wildman–Crippen MR) is 79.9 cm³/mol. The molecule has 19 heavy (non-hydrogen) atoms. The van der Waals surface area contributed by atoms with Crippen LogP contribution in [0.2, 0.25) is 0 Å².